The Morgan fingerprint density at radius 2 is 0.510 bits per heavy atom. The van der Waals surface area contributed by atoms with Crippen molar-refractivity contribution in [1.82, 2.24) is 0 Å². The van der Waals surface area contributed by atoms with E-state index in [2.05, 4.69) is 48.5 Å². The van der Waals surface area contributed by atoms with Crippen LogP contribution in [0.2, 0.25) is 0 Å². The van der Waals surface area contributed by atoms with Gasteiger partial charge in [0.1, 0.15) is 19.3 Å². The van der Waals surface area contributed by atoms with Crippen LogP contribution in [0.5, 0.6) is 0 Å². The Balaban J connectivity index is 5.22. The maximum absolute atomic E-state index is 13.1. The second-order valence-corrected chi connectivity index (χ2v) is 33.3. The molecule has 0 saturated heterocycles. The van der Waals surface area contributed by atoms with Gasteiger partial charge in [-0.05, 0) is 43.4 Å². The molecule has 0 radical (unpaired) electrons. The lowest BCUT2D eigenvalue weighted by Gasteiger charge is -2.21. The summed E-state index contributed by atoms with van der Waals surface area (Å²) in [5, 5.41) is 10.6. The molecule has 0 aromatic heterocycles. The molecule has 0 rings (SSSR count). The second-order valence-electron chi connectivity index (χ2n) is 30.4. The fourth-order valence-electron chi connectivity index (χ4n) is 12.5. The van der Waals surface area contributed by atoms with Crippen LogP contribution in [0.4, 0.5) is 0 Å². The van der Waals surface area contributed by atoms with Crippen LogP contribution in [0.25, 0.3) is 0 Å². The van der Waals surface area contributed by atoms with Crippen molar-refractivity contribution in [3.63, 3.8) is 0 Å². The average molecular weight is 1470 g/mol. The first kappa shape index (κ1) is 98.1. The first-order valence-electron chi connectivity index (χ1n) is 41.9. The van der Waals surface area contributed by atoms with E-state index in [1.165, 1.54) is 231 Å². The highest BCUT2D eigenvalue weighted by atomic mass is 31.2. The Hall–Kier alpha value is -1.94. The fourth-order valence-corrected chi connectivity index (χ4v) is 14.0. The molecular formula is C81H158O17P2. The molecule has 0 bridgehead atoms. The van der Waals surface area contributed by atoms with Crippen LogP contribution >= 0.6 is 15.6 Å². The number of rotatable bonds is 79. The van der Waals surface area contributed by atoms with Gasteiger partial charge in [-0.15, -0.1) is 0 Å². The zero-order valence-electron chi connectivity index (χ0n) is 65.7. The highest BCUT2D eigenvalue weighted by molar-refractivity contribution is 7.47. The van der Waals surface area contributed by atoms with Gasteiger partial charge in [0.05, 0.1) is 26.4 Å². The van der Waals surface area contributed by atoms with Crippen molar-refractivity contribution in [3.05, 3.63) is 0 Å². The molecule has 0 aliphatic carbocycles. The molecule has 0 fully saturated rings. The van der Waals surface area contributed by atoms with E-state index in [0.29, 0.717) is 25.7 Å². The van der Waals surface area contributed by atoms with Gasteiger partial charge in [-0.1, -0.05) is 370 Å². The Morgan fingerprint density at radius 3 is 0.760 bits per heavy atom. The predicted molar refractivity (Wildman–Crippen MR) is 409 cm³/mol. The number of aliphatic hydroxyl groups is 1. The third-order valence-electron chi connectivity index (χ3n) is 19.2. The van der Waals surface area contributed by atoms with E-state index in [9.17, 15) is 43.2 Å². The third kappa shape index (κ3) is 73.0. The Morgan fingerprint density at radius 1 is 0.290 bits per heavy atom. The number of esters is 4. The maximum atomic E-state index is 13.1. The second kappa shape index (κ2) is 71.3. The molecule has 3 unspecified atom stereocenters. The minimum absolute atomic E-state index is 0.105. The minimum atomic E-state index is -4.96. The summed E-state index contributed by atoms with van der Waals surface area (Å²) >= 11 is 0. The third-order valence-corrected chi connectivity index (χ3v) is 21.1. The monoisotopic (exact) mass is 1470 g/mol. The van der Waals surface area contributed by atoms with Gasteiger partial charge in [0.2, 0.25) is 0 Å². The van der Waals surface area contributed by atoms with E-state index in [1.54, 1.807) is 0 Å². The minimum Gasteiger partial charge on any atom is -0.462 e. The van der Waals surface area contributed by atoms with Gasteiger partial charge < -0.3 is 33.8 Å². The molecule has 6 atom stereocenters. The topological polar surface area (TPSA) is 237 Å². The molecule has 0 aromatic carbocycles. The summed E-state index contributed by atoms with van der Waals surface area (Å²) in [7, 11) is -9.92. The first-order chi connectivity index (χ1) is 48.3. The van der Waals surface area contributed by atoms with Crippen molar-refractivity contribution >= 4 is 39.5 Å². The lowest BCUT2D eigenvalue weighted by Crippen LogP contribution is -2.30. The number of aliphatic hydroxyl groups excluding tert-OH is 1. The molecule has 0 saturated carbocycles. The summed E-state index contributed by atoms with van der Waals surface area (Å²) in [6, 6.07) is 0. The van der Waals surface area contributed by atoms with E-state index in [0.717, 1.165) is 108 Å². The SMILES string of the molecule is CCCCCCCCCCCCCCCCCCCCCCCCC(=O)O[C@H](COC(=O)CCCCCCCCCCCCC(C)CC)COP(=O)(O)OC[C@@H](O)COP(=O)(O)OC[C@@H](COC(=O)CCCCCCCCCCCC(C)C)OC(=O)CCCCCCCCCCCC(C)C. The van der Waals surface area contributed by atoms with Gasteiger partial charge >= 0.3 is 39.5 Å². The van der Waals surface area contributed by atoms with Gasteiger partial charge in [-0.25, -0.2) is 9.13 Å². The molecule has 0 aromatic rings. The lowest BCUT2D eigenvalue weighted by molar-refractivity contribution is -0.161. The molecular weight excluding hydrogens is 1310 g/mol. The number of carbonyl (C=O) groups excluding carboxylic acids is 4. The molecule has 0 aliphatic heterocycles. The summed E-state index contributed by atoms with van der Waals surface area (Å²) in [5.41, 5.74) is 0. The molecule has 3 N–H and O–H groups in total. The van der Waals surface area contributed by atoms with Gasteiger partial charge in [-0.2, -0.15) is 0 Å². The van der Waals surface area contributed by atoms with E-state index < -0.39 is 97.5 Å². The fraction of sp³-hybridized carbons (Fsp3) is 0.951. The van der Waals surface area contributed by atoms with Gasteiger partial charge in [-0.3, -0.25) is 37.3 Å². The quantitative estimate of drug-likeness (QED) is 0.0222. The summed E-state index contributed by atoms with van der Waals surface area (Å²) in [6.45, 7) is 11.9. The summed E-state index contributed by atoms with van der Waals surface area (Å²) in [4.78, 5) is 73.0. The number of phosphoric acid groups is 2. The van der Waals surface area contributed by atoms with Gasteiger partial charge in [0, 0.05) is 25.7 Å². The maximum Gasteiger partial charge on any atom is 0.472 e. The molecule has 0 amide bonds. The van der Waals surface area contributed by atoms with Crippen LogP contribution in [-0.2, 0) is 65.4 Å². The van der Waals surface area contributed by atoms with E-state index in [1.807, 2.05) is 0 Å². The molecule has 0 aliphatic rings. The van der Waals surface area contributed by atoms with Gasteiger partial charge in [0.15, 0.2) is 12.2 Å². The van der Waals surface area contributed by atoms with Crippen LogP contribution < -0.4 is 0 Å². The average Bonchev–Trinajstić information content (AvgIpc) is 1.33. The molecule has 0 heterocycles. The highest BCUT2D eigenvalue weighted by Gasteiger charge is 2.30. The lowest BCUT2D eigenvalue weighted by atomic mass is 9.99. The van der Waals surface area contributed by atoms with Crippen molar-refractivity contribution in [2.75, 3.05) is 39.6 Å². The van der Waals surface area contributed by atoms with E-state index in [-0.39, 0.29) is 25.7 Å². The van der Waals surface area contributed by atoms with Crippen LogP contribution in [0.3, 0.4) is 0 Å². The smallest absolute Gasteiger partial charge is 0.462 e. The Bertz CT molecular complexity index is 1940. The van der Waals surface area contributed by atoms with E-state index >= 15 is 0 Å². The summed E-state index contributed by atoms with van der Waals surface area (Å²) in [5.74, 6) is 0.176. The molecule has 100 heavy (non-hydrogen) atoms. The van der Waals surface area contributed by atoms with Crippen LogP contribution in [0, 0.1) is 17.8 Å². The standard InChI is InChI=1S/C81H158O17P2/c1-8-10-11-12-13-14-15-16-17-18-19-20-21-22-23-24-25-26-35-43-50-57-64-80(85)97-76(68-91-78(83)62-55-48-41-34-28-27-33-40-47-54-61-74(7)9-2)70-95-99(87,88)93-66-75(82)67-94-100(89,90)96-71-77(98-81(86)65-58-51-44-37-30-32-39-46-53-60-73(5)6)69-92-79(84)63-56-49-42-36-29-31-38-45-52-59-72(3)4/h72-77,82H,8-71H2,1-7H3,(H,87,88)(H,89,90)/t74?,75-,76-,77-/m1/s1. The number of phosphoric ester groups is 2. The normalized spacial score (nSPS) is 14.2. The van der Waals surface area contributed by atoms with E-state index in [4.69, 9.17) is 37.0 Å². The number of carbonyl (C=O) groups is 4. The van der Waals surface area contributed by atoms with Crippen LogP contribution in [-0.4, -0.2) is 96.7 Å². The van der Waals surface area contributed by atoms with Crippen molar-refractivity contribution in [1.29, 1.82) is 0 Å². The zero-order chi connectivity index (χ0) is 73.7. The number of hydrogen-bond donors (Lipinski definition) is 3. The first-order valence-corrected chi connectivity index (χ1v) is 44.9. The Labute approximate surface area is 613 Å². The summed E-state index contributed by atoms with van der Waals surface area (Å²) in [6.07, 6.45) is 59.8. The van der Waals surface area contributed by atoms with Gasteiger partial charge in [0.25, 0.3) is 0 Å². The van der Waals surface area contributed by atoms with Crippen molar-refractivity contribution in [2.45, 2.75) is 439 Å². The number of unbranched alkanes of at least 4 members (excludes halogenated alkanes) is 46. The Kier molecular flexibility index (Phi) is 69.9. The molecule has 17 nitrogen and oxygen atoms in total. The largest absolute Gasteiger partial charge is 0.472 e. The van der Waals surface area contributed by atoms with Crippen LogP contribution in [0.15, 0.2) is 0 Å². The van der Waals surface area contributed by atoms with Crippen molar-refractivity contribution in [2.24, 2.45) is 17.8 Å². The molecule has 0 spiro atoms. The summed E-state index contributed by atoms with van der Waals surface area (Å²) < 4.78 is 68.7. The predicted octanol–water partition coefficient (Wildman–Crippen LogP) is 24.1. The highest BCUT2D eigenvalue weighted by Crippen LogP contribution is 2.45. The number of hydrogen-bond acceptors (Lipinski definition) is 15. The van der Waals surface area contributed by atoms with Crippen molar-refractivity contribution in [3.8, 4) is 0 Å². The molecule has 594 valence electrons. The molecule has 19 heteroatoms. The zero-order valence-corrected chi connectivity index (χ0v) is 67.5. The van der Waals surface area contributed by atoms with Crippen molar-refractivity contribution < 1.29 is 80.2 Å². The number of ether oxygens (including phenoxy) is 4. The van der Waals surface area contributed by atoms with Crippen LogP contribution in [0.1, 0.15) is 421 Å².